The first-order valence-electron chi connectivity index (χ1n) is 14.5. The zero-order valence-electron chi connectivity index (χ0n) is 23.0. The number of halogens is 8. The minimum atomic E-state index is -4.65. The zero-order chi connectivity index (χ0) is 29.7. The summed E-state index contributed by atoms with van der Waals surface area (Å²) >= 11 is 0. The molecule has 10 heteroatoms. The van der Waals surface area contributed by atoms with Gasteiger partial charge in [-0.1, -0.05) is 45.4 Å². The van der Waals surface area contributed by atoms with Gasteiger partial charge in [0.05, 0.1) is 0 Å². The monoisotopic (exact) mass is 592 g/mol. The minimum Gasteiger partial charge on any atom is -0.429 e. The van der Waals surface area contributed by atoms with Gasteiger partial charge in [0.2, 0.25) is 0 Å². The predicted molar refractivity (Wildman–Crippen MR) is 138 cm³/mol. The third-order valence-corrected chi connectivity index (χ3v) is 8.80. The summed E-state index contributed by atoms with van der Waals surface area (Å²) < 4.78 is 120. The van der Waals surface area contributed by atoms with Crippen molar-refractivity contribution in [1.82, 2.24) is 0 Å². The number of benzene rings is 2. The number of hydrogen-bond donors (Lipinski definition) is 0. The summed E-state index contributed by atoms with van der Waals surface area (Å²) in [4.78, 5) is 0. The van der Waals surface area contributed by atoms with Gasteiger partial charge in [-0.3, -0.25) is 0 Å². The molecule has 0 heterocycles. The Bertz CT molecular complexity index is 1110. The molecule has 2 saturated carbocycles. The number of hydrogen-bond acceptors (Lipinski definition) is 2. The van der Waals surface area contributed by atoms with Gasteiger partial charge in [-0.25, -0.2) is 17.6 Å². The second-order valence-electron chi connectivity index (χ2n) is 11.5. The summed E-state index contributed by atoms with van der Waals surface area (Å²) in [6.45, 7) is -1.36. The lowest BCUT2D eigenvalue weighted by Gasteiger charge is -2.38. The van der Waals surface area contributed by atoms with Crippen molar-refractivity contribution < 1.29 is 44.6 Å². The molecule has 2 fully saturated rings. The predicted octanol–water partition coefficient (Wildman–Crippen LogP) is 10.6. The van der Waals surface area contributed by atoms with E-state index < -0.39 is 53.1 Å². The van der Waals surface area contributed by atoms with Crippen LogP contribution in [0.2, 0.25) is 0 Å². The van der Waals surface area contributed by atoms with Crippen molar-refractivity contribution in [3.05, 3.63) is 58.7 Å². The summed E-state index contributed by atoms with van der Waals surface area (Å²) in [5, 5.41) is 0. The van der Waals surface area contributed by atoms with Crippen molar-refractivity contribution in [3.63, 3.8) is 0 Å². The second kappa shape index (κ2) is 13.6. The number of alkyl halides is 4. The fourth-order valence-corrected chi connectivity index (χ4v) is 6.66. The Balaban J connectivity index is 1.37. The Labute approximate surface area is 235 Å². The van der Waals surface area contributed by atoms with Crippen LogP contribution in [-0.4, -0.2) is 6.61 Å². The van der Waals surface area contributed by atoms with E-state index in [1.54, 1.807) is 0 Å². The highest BCUT2D eigenvalue weighted by Crippen LogP contribution is 2.46. The molecule has 0 amide bonds. The van der Waals surface area contributed by atoms with Crippen LogP contribution in [0.25, 0.3) is 0 Å². The lowest BCUT2D eigenvalue weighted by molar-refractivity contribution is -0.189. The molecule has 0 atom stereocenters. The van der Waals surface area contributed by atoms with Gasteiger partial charge in [-0.2, -0.15) is 17.6 Å². The first-order chi connectivity index (χ1) is 19.5. The van der Waals surface area contributed by atoms with E-state index in [9.17, 15) is 35.1 Å². The lowest BCUT2D eigenvalue weighted by Crippen LogP contribution is -2.27. The fourth-order valence-electron chi connectivity index (χ4n) is 6.66. The first-order valence-corrected chi connectivity index (χ1v) is 14.5. The van der Waals surface area contributed by atoms with Gasteiger partial charge < -0.3 is 9.47 Å². The summed E-state index contributed by atoms with van der Waals surface area (Å²) in [5.41, 5.74) is -1.43. The van der Waals surface area contributed by atoms with Crippen LogP contribution in [0.1, 0.15) is 101 Å². The Morgan fingerprint density at radius 1 is 0.756 bits per heavy atom. The van der Waals surface area contributed by atoms with E-state index in [0.717, 1.165) is 30.9 Å². The molecule has 2 nitrogen and oxygen atoms in total. The van der Waals surface area contributed by atoms with Crippen LogP contribution in [0.5, 0.6) is 11.5 Å². The standard InChI is InChI=1S/C31H36F8O2/c1-2-3-4-5-18-6-8-19(9-7-18)20-10-12-21(13-11-20)22-14-24(32)28(25(33)15-22)31(38,39)41-23-16-26(34)29(27(35)17-23)40-30(36)37/h14-21,30H,2-13H2,1H3/t18-,19-,20?,21?. The van der Waals surface area contributed by atoms with E-state index in [2.05, 4.69) is 16.4 Å². The van der Waals surface area contributed by atoms with Gasteiger partial charge in [0.1, 0.15) is 22.9 Å². The highest BCUT2D eigenvalue weighted by atomic mass is 19.3. The van der Waals surface area contributed by atoms with Crippen LogP contribution < -0.4 is 9.47 Å². The van der Waals surface area contributed by atoms with Crippen LogP contribution in [0, 0.1) is 41.0 Å². The van der Waals surface area contributed by atoms with Crippen molar-refractivity contribution in [1.29, 1.82) is 0 Å². The molecule has 228 valence electrons. The molecule has 0 spiro atoms. The molecule has 0 aliphatic heterocycles. The van der Waals surface area contributed by atoms with Gasteiger partial charge in [-0.05, 0) is 79.9 Å². The largest absolute Gasteiger partial charge is 0.432 e. The van der Waals surface area contributed by atoms with E-state index >= 15 is 0 Å². The molecule has 0 N–H and O–H groups in total. The molecule has 4 rings (SSSR count). The Kier molecular flexibility index (Phi) is 10.4. The SMILES string of the molecule is CCCCC[C@H]1CC[C@H](C2CCC(c3cc(F)c(C(F)(F)Oc4cc(F)c(OC(F)F)c(F)c4)c(F)c3)CC2)CC1. The van der Waals surface area contributed by atoms with Gasteiger partial charge in [0, 0.05) is 12.1 Å². The van der Waals surface area contributed by atoms with Crippen LogP contribution in [0.15, 0.2) is 24.3 Å². The quantitative estimate of drug-likeness (QED) is 0.191. The van der Waals surface area contributed by atoms with Crippen molar-refractivity contribution in [2.24, 2.45) is 17.8 Å². The Morgan fingerprint density at radius 2 is 1.29 bits per heavy atom. The number of rotatable bonds is 11. The molecular formula is C31H36F8O2. The summed E-state index contributed by atoms with van der Waals surface area (Å²) in [5.74, 6) is -7.38. The normalized spacial score (nSPS) is 23.6. The average Bonchev–Trinajstić information content (AvgIpc) is 2.90. The van der Waals surface area contributed by atoms with E-state index in [0.29, 0.717) is 24.7 Å². The maximum atomic E-state index is 14.9. The van der Waals surface area contributed by atoms with Crippen LogP contribution in [0.3, 0.4) is 0 Å². The molecule has 0 saturated heterocycles. The molecule has 2 aromatic carbocycles. The van der Waals surface area contributed by atoms with Crippen molar-refractivity contribution in [3.8, 4) is 11.5 Å². The molecular weight excluding hydrogens is 556 g/mol. The van der Waals surface area contributed by atoms with E-state index in [1.165, 1.54) is 51.4 Å². The van der Waals surface area contributed by atoms with Crippen LogP contribution >= 0.6 is 0 Å². The van der Waals surface area contributed by atoms with Crippen LogP contribution in [-0.2, 0) is 6.11 Å². The topological polar surface area (TPSA) is 18.5 Å². The molecule has 0 unspecified atom stereocenters. The van der Waals surface area contributed by atoms with E-state index in [-0.39, 0.29) is 23.6 Å². The maximum Gasteiger partial charge on any atom is 0.432 e. The first kappa shape index (κ1) is 31.4. The van der Waals surface area contributed by atoms with Gasteiger partial charge in [0.15, 0.2) is 17.4 Å². The maximum absolute atomic E-state index is 14.9. The molecule has 41 heavy (non-hydrogen) atoms. The van der Waals surface area contributed by atoms with Crippen molar-refractivity contribution in [2.45, 2.75) is 103 Å². The highest BCUT2D eigenvalue weighted by molar-refractivity contribution is 5.36. The lowest BCUT2D eigenvalue weighted by atomic mass is 9.68. The number of ether oxygens (including phenoxy) is 2. The molecule has 2 aromatic rings. The summed E-state index contributed by atoms with van der Waals surface area (Å²) in [7, 11) is 0. The Morgan fingerprint density at radius 3 is 1.80 bits per heavy atom. The third kappa shape index (κ3) is 7.86. The van der Waals surface area contributed by atoms with E-state index in [1.807, 2.05) is 0 Å². The van der Waals surface area contributed by atoms with Crippen molar-refractivity contribution >= 4 is 0 Å². The second-order valence-corrected chi connectivity index (χ2v) is 11.5. The average molecular weight is 593 g/mol. The van der Waals surface area contributed by atoms with Crippen LogP contribution in [0.4, 0.5) is 35.1 Å². The zero-order valence-corrected chi connectivity index (χ0v) is 23.0. The van der Waals surface area contributed by atoms with Gasteiger partial charge >= 0.3 is 12.7 Å². The fraction of sp³-hybridized carbons (Fsp3) is 0.613. The van der Waals surface area contributed by atoms with Gasteiger partial charge in [-0.15, -0.1) is 0 Å². The Hall–Kier alpha value is -2.52. The molecule has 0 aromatic heterocycles. The third-order valence-electron chi connectivity index (χ3n) is 8.80. The van der Waals surface area contributed by atoms with Gasteiger partial charge in [0.25, 0.3) is 0 Å². The smallest absolute Gasteiger partial charge is 0.429 e. The van der Waals surface area contributed by atoms with Crippen molar-refractivity contribution in [2.75, 3.05) is 0 Å². The number of unbranched alkanes of at least 4 members (excludes halogenated alkanes) is 2. The molecule has 0 bridgehead atoms. The molecule has 2 aliphatic carbocycles. The molecule has 2 aliphatic rings. The minimum absolute atomic E-state index is 0.163. The summed E-state index contributed by atoms with van der Waals surface area (Å²) in [6, 6.07) is 2.05. The molecule has 0 radical (unpaired) electrons. The van der Waals surface area contributed by atoms with E-state index in [4.69, 9.17) is 0 Å². The summed E-state index contributed by atoms with van der Waals surface area (Å²) in [6.07, 6.45) is 8.67. The highest BCUT2D eigenvalue weighted by Gasteiger charge is 2.42.